The van der Waals surface area contributed by atoms with Gasteiger partial charge in [0.2, 0.25) is 0 Å². The lowest BCUT2D eigenvalue weighted by molar-refractivity contribution is -0.576. The molecule has 2 aromatic carbocycles. The molecule has 4 rings (SSSR count). The van der Waals surface area contributed by atoms with Gasteiger partial charge in [-0.25, -0.2) is 0 Å². The molecular weight excluding hydrogens is 466 g/mol. The van der Waals surface area contributed by atoms with Gasteiger partial charge in [-0.1, -0.05) is 12.2 Å². The van der Waals surface area contributed by atoms with Gasteiger partial charge in [-0.05, 0) is 48.5 Å². The molecule has 3 aromatic rings. The number of nitrogens with zero attached hydrogens (tertiary/aromatic N) is 1. The minimum Gasteiger partial charge on any atom is -0.502 e. The molecule has 0 saturated carbocycles. The van der Waals surface area contributed by atoms with E-state index in [9.17, 15) is 19.0 Å². The number of pyridine rings is 1. The van der Waals surface area contributed by atoms with E-state index >= 15 is 0 Å². The molecule has 0 atom stereocenters. The summed E-state index contributed by atoms with van der Waals surface area (Å²) in [6, 6.07) is 14.3. The maximum atomic E-state index is 12.4. The molecule has 34 heavy (non-hydrogen) atoms. The fourth-order valence-electron chi connectivity index (χ4n) is 3.34. The van der Waals surface area contributed by atoms with E-state index in [1.807, 2.05) is 0 Å². The number of thiocarbonyl (C=S) groups is 1. The first-order valence-corrected chi connectivity index (χ1v) is 10.7. The number of nitrogens with one attached hydrogen (secondary N) is 1. The van der Waals surface area contributed by atoms with E-state index < -0.39 is 6.61 Å². The number of alkyl halides is 2. The Balaban J connectivity index is 1.71. The van der Waals surface area contributed by atoms with Crippen LogP contribution in [0.2, 0.25) is 0 Å². The van der Waals surface area contributed by atoms with Crippen LogP contribution in [0.5, 0.6) is 17.2 Å². The van der Waals surface area contributed by atoms with Crippen molar-refractivity contribution in [2.24, 2.45) is 0 Å². The minimum absolute atomic E-state index is 0.00591. The van der Waals surface area contributed by atoms with Crippen LogP contribution >= 0.6 is 12.2 Å². The topological polar surface area (TPSA) is 84.1 Å². The Kier molecular flexibility index (Phi) is 7.19. The predicted octanol–water partition coefficient (Wildman–Crippen LogP) is 4.16. The van der Waals surface area contributed by atoms with Crippen molar-refractivity contribution >= 4 is 34.3 Å². The van der Waals surface area contributed by atoms with E-state index in [2.05, 4.69) is 10.1 Å². The highest BCUT2D eigenvalue weighted by atomic mass is 32.1. The molecule has 0 amide bonds. The fourth-order valence-corrected chi connectivity index (χ4v) is 3.66. The molecule has 0 bridgehead atoms. The quantitative estimate of drug-likeness (QED) is 0.200. The van der Waals surface area contributed by atoms with Crippen LogP contribution in [-0.4, -0.2) is 35.0 Å². The third-order valence-electron chi connectivity index (χ3n) is 4.89. The first-order valence-electron chi connectivity index (χ1n) is 10.3. The Morgan fingerprint density at radius 3 is 2.53 bits per heavy atom. The molecule has 1 aromatic heterocycles. The van der Waals surface area contributed by atoms with Crippen LogP contribution in [0.4, 0.5) is 14.5 Å². The highest BCUT2D eigenvalue weighted by Gasteiger charge is 2.25. The first-order chi connectivity index (χ1) is 16.4. The summed E-state index contributed by atoms with van der Waals surface area (Å²) in [7, 11) is 0. The smallest absolute Gasteiger partial charge is 0.387 e. The van der Waals surface area contributed by atoms with E-state index in [1.165, 1.54) is 24.3 Å². The van der Waals surface area contributed by atoms with Gasteiger partial charge in [-0.3, -0.25) is 0 Å². The van der Waals surface area contributed by atoms with Crippen LogP contribution in [0.15, 0.2) is 67.0 Å². The molecule has 176 valence electrons. The second kappa shape index (κ2) is 10.4. The molecule has 7 nitrogen and oxygen atoms in total. The predicted molar refractivity (Wildman–Crippen MR) is 125 cm³/mol. The van der Waals surface area contributed by atoms with Crippen molar-refractivity contribution in [2.45, 2.75) is 13.2 Å². The first kappa shape index (κ1) is 23.4. The maximum Gasteiger partial charge on any atom is 0.387 e. The van der Waals surface area contributed by atoms with Crippen molar-refractivity contribution in [2.75, 3.05) is 18.5 Å². The third-order valence-corrected chi connectivity index (χ3v) is 5.19. The number of anilines is 1. The van der Waals surface area contributed by atoms with Crippen molar-refractivity contribution in [1.29, 1.82) is 0 Å². The van der Waals surface area contributed by atoms with E-state index in [4.69, 9.17) is 21.7 Å². The maximum absolute atomic E-state index is 12.4. The fraction of sp³-hybridized carbons (Fsp3) is 0.167. The number of aliphatic hydroxyl groups is 2. The lowest BCUT2D eigenvalue weighted by Gasteiger charge is -2.19. The lowest BCUT2D eigenvalue weighted by atomic mass is 10.1. The van der Waals surface area contributed by atoms with Crippen LogP contribution in [0.3, 0.4) is 0 Å². The molecule has 2 heterocycles. The monoisotopic (exact) mass is 487 g/mol. The second-order valence-electron chi connectivity index (χ2n) is 7.19. The molecule has 0 fully saturated rings. The number of rotatable bonds is 7. The number of hydrogen-bond donors (Lipinski definition) is 3. The van der Waals surface area contributed by atoms with Crippen LogP contribution in [0.1, 0.15) is 11.1 Å². The molecule has 0 spiro atoms. The zero-order valence-electron chi connectivity index (χ0n) is 17.8. The summed E-state index contributed by atoms with van der Waals surface area (Å²) in [4.78, 5) is 0.148. The Labute approximate surface area is 199 Å². The highest BCUT2D eigenvalue weighted by Crippen LogP contribution is 2.33. The SMILES string of the molecule is OCc1ccc[n+](/C(C(=S)Nc2ccc(OC(F)F)cc2)=C(/O)c2ccc3c(c2)OCCO3)c1. The summed E-state index contributed by atoms with van der Waals surface area (Å²) >= 11 is 5.60. The second-order valence-corrected chi connectivity index (χ2v) is 7.60. The molecule has 1 aliphatic heterocycles. The summed E-state index contributed by atoms with van der Waals surface area (Å²) in [5.74, 6) is 0.932. The van der Waals surface area contributed by atoms with Crippen LogP contribution in [0.25, 0.3) is 11.5 Å². The largest absolute Gasteiger partial charge is 0.502 e. The van der Waals surface area contributed by atoms with Crippen molar-refractivity contribution in [3.8, 4) is 17.2 Å². The van der Waals surface area contributed by atoms with Gasteiger partial charge in [0.1, 0.15) is 19.0 Å². The van der Waals surface area contributed by atoms with Crippen molar-refractivity contribution < 1.29 is 37.8 Å². The van der Waals surface area contributed by atoms with E-state index in [0.29, 0.717) is 41.5 Å². The number of benzene rings is 2. The van der Waals surface area contributed by atoms with Gasteiger partial charge in [0.05, 0.1) is 6.61 Å². The van der Waals surface area contributed by atoms with Crippen LogP contribution < -0.4 is 24.1 Å². The van der Waals surface area contributed by atoms with Gasteiger partial charge in [-0.2, -0.15) is 13.3 Å². The highest BCUT2D eigenvalue weighted by molar-refractivity contribution is 7.81. The number of hydrogen-bond acceptors (Lipinski definition) is 6. The number of fused-ring (bicyclic) bond motifs is 1. The number of aliphatic hydroxyl groups excluding tert-OH is 2. The molecule has 0 radical (unpaired) electrons. The van der Waals surface area contributed by atoms with Gasteiger partial charge < -0.3 is 29.7 Å². The zero-order chi connectivity index (χ0) is 24.1. The molecule has 0 aliphatic carbocycles. The molecule has 10 heteroatoms. The third kappa shape index (κ3) is 5.41. The van der Waals surface area contributed by atoms with Crippen LogP contribution in [0, 0.1) is 0 Å². The number of halogens is 2. The van der Waals surface area contributed by atoms with E-state index in [-0.39, 0.29) is 28.8 Å². The standard InChI is InChI=1S/C24H20F2N2O5S/c25-24(26)33-18-6-4-17(5-7-18)27-23(34)21(28-9-1-2-15(13-28)14-29)22(30)16-3-8-19-20(12-16)32-11-10-31-19/h1-9,12-13,24,29H,10-11,14H2,(H-,27,30,34)/p+1. The molecular formula is C24H21F2N2O5S+. The Hall–Kier alpha value is -3.76. The van der Waals surface area contributed by atoms with E-state index in [0.717, 1.165) is 0 Å². The summed E-state index contributed by atoms with van der Waals surface area (Å²) in [6.07, 6.45) is 3.31. The lowest BCUT2D eigenvalue weighted by Crippen LogP contribution is -2.39. The summed E-state index contributed by atoms with van der Waals surface area (Å²) in [5, 5.41) is 23.8. The minimum atomic E-state index is -2.92. The van der Waals surface area contributed by atoms with Gasteiger partial charge >= 0.3 is 6.61 Å². The summed E-state index contributed by atoms with van der Waals surface area (Å²) < 4.78 is 41.9. The van der Waals surface area contributed by atoms with Gasteiger partial charge in [-0.15, -0.1) is 0 Å². The normalized spacial score (nSPS) is 13.3. The molecule has 1 aliphatic rings. The summed E-state index contributed by atoms with van der Waals surface area (Å²) in [6.45, 7) is -2.29. The van der Waals surface area contributed by atoms with Gasteiger partial charge in [0, 0.05) is 22.9 Å². The zero-order valence-corrected chi connectivity index (χ0v) is 18.6. The Bertz CT molecular complexity index is 1220. The molecule has 3 N–H and O–H groups in total. The van der Waals surface area contributed by atoms with Gasteiger partial charge in [0.25, 0.3) is 5.70 Å². The number of aromatic nitrogens is 1. The van der Waals surface area contributed by atoms with Crippen molar-refractivity contribution in [1.82, 2.24) is 0 Å². The van der Waals surface area contributed by atoms with E-state index in [1.54, 1.807) is 47.3 Å². The average Bonchev–Trinajstić information content (AvgIpc) is 2.85. The van der Waals surface area contributed by atoms with Crippen molar-refractivity contribution in [3.05, 3.63) is 78.1 Å². The Morgan fingerprint density at radius 2 is 1.82 bits per heavy atom. The average molecular weight is 488 g/mol. The van der Waals surface area contributed by atoms with Crippen LogP contribution in [-0.2, 0) is 6.61 Å². The molecule has 0 unspecified atom stereocenters. The number of ether oxygens (including phenoxy) is 3. The van der Waals surface area contributed by atoms with Gasteiger partial charge in [0.15, 0.2) is 34.6 Å². The molecule has 0 saturated heterocycles. The Morgan fingerprint density at radius 1 is 1.09 bits per heavy atom. The van der Waals surface area contributed by atoms with Crippen molar-refractivity contribution in [3.63, 3.8) is 0 Å². The summed E-state index contributed by atoms with van der Waals surface area (Å²) in [5.41, 5.74) is 1.77.